The minimum atomic E-state index is -2.56. The number of nitrogens with zero attached hydrogens (tertiary/aromatic N) is 1. The van der Waals surface area contributed by atoms with E-state index in [1.165, 1.54) is 12.5 Å². The van der Waals surface area contributed by atoms with Gasteiger partial charge in [-0.15, -0.1) is 0 Å². The zero-order valence-corrected chi connectivity index (χ0v) is 8.67. The van der Waals surface area contributed by atoms with Crippen molar-refractivity contribution in [2.45, 2.75) is 37.6 Å². The molecule has 6 heteroatoms. The van der Waals surface area contributed by atoms with Crippen LogP contribution in [0.4, 0.5) is 8.78 Å². The molecule has 1 amide bonds. The van der Waals surface area contributed by atoms with Crippen molar-refractivity contribution < 1.29 is 13.6 Å². The predicted molar refractivity (Wildman–Crippen MR) is 53.3 cm³/mol. The van der Waals surface area contributed by atoms with Gasteiger partial charge in [-0.05, 0) is 12.8 Å². The molecule has 1 aliphatic rings. The van der Waals surface area contributed by atoms with Crippen LogP contribution in [0.3, 0.4) is 0 Å². The van der Waals surface area contributed by atoms with Gasteiger partial charge in [-0.1, -0.05) is 0 Å². The molecule has 0 saturated heterocycles. The van der Waals surface area contributed by atoms with E-state index in [2.05, 4.69) is 15.3 Å². The number of halogens is 2. The third-order valence-corrected chi connectivity index (χ3v) is 2.80. The Balaban J connectivity index is 1.85. The van der Waals surface area contributed by atoms with E-state index < -0.39 is 5.92 Å². The number of carbonyl (C=O) groups is 1. The molecule has 1 heterocycles. The van der Waals surface area contributed by atoms with Gasteiger partial charge in [0.1, 0.15) is 5.69 Å². The molecule has 0 bridgehead atoms. The number of rotatable bonds is 2. The summed E-state index contributed by atoms with van der Waals surface area (Å²) in [6.45, 7) is 0. The molecule has 2 N–H and O–H groups in total. The lowest BCUT2D eigenvalue weighted by Crippen LogP contribution is -2.40. The molecule has 1 aromatic rings. The normalized spacial score (nSPS) is 20.6. The Labute approximate surface area is 91.5 Å². The van der Waals surface area contributed by atoms with Gasteiger partial charge in [-0.25, -0.2) is 13.8 Å². The molecule has 16 heavy (non-hydrogen) atoms. The van der Waals surface area contributed by atoms with E-state index in [4.69, 9.17) is 0 Å². The Hall–Kier alpha value is -1.46. The number of nitrogens with one attached hydrogen (secondary N) is 2. The summed E-state index contributed by atoms with van der Waals surface area (Å²) in [5.74, 6) is -2.84. The predicted octanol–water partition coefficient (Wildman–Crippen LogP) is 1.72. The highest BCUT2D eigenvalue weighted by atomic mass is 19.3. The lowest BCUT2D eigenvalue weighted by molar-refractivity contribution is -0.0399. The number of H-pyrrole nitrogens is 1. The van der Waals surface area contributed by atoms with Gasteiger partial charge in [0.15, 0.2) is 0 Å². The van der Waals surface area contributed by atoms with Crippen molar-refractivity contribution in [3.8, 4) is 0 Å². The van der Waals surface area contributed by atoms with E-state index in [1.54, 1.807) is 0 Å². The van der Waals surface area contributed by atoms with Crippen molar-refractivity contribution in [3.63, 3.8) is 0 Å². The smallest absolute Gasteiger partial charge is 0.269 e. The fourth-order valence-electron chi connectivity index (χ4n) is 1.83. The van der Waals surface area contributed by atoms with Crippen molar-refractivity contribution in [2.75, 3.05) is 0 Å². The molecular formula is C10H13F2N3O. The maximum absolute atomic E-state index is 12.9. The van der Waals surface area contributed by atoms with Gasteiger partial charge < -0.3 is 10.3 Å². The molecule has 0 radical (unpaired) electrons. The van der Waals surface area contributed by atoms with Gasteiger partial charge in [0.25, 0.3) is 5.91 Å². The van der Waals surface area contributed by atoms with Gasteiger partial charge in [-0.2, -0.15) is 0 Å². The SMILES string of the molecule is O=C(NC1CCC(F)(F)CC1)c1cnc[nH]1. The van der Waals surface area contributed by atoms with Crippen LogP contribution in [-0.2, 0) is 0 Å². The number of carbonyl (C=O) groups excluding carboxylic acids is 1. The van der Waals surface area contributed by atoms with Crippen LogP contribution in [0.15, 0.2) is 12.5 Å². The highest BCUT2D eigenvalue weighted by Crippen LogP contribution is 2.32. The molecule has 0 aromatic carbocycles. The van der Waals surface area contributed by atoms with Gasteiger partial charge in [0, 0.05) is 18.9 Å². The summed E-state index contributed by atoms with van der Waals surface area (Å²) < 4.78 is 25.7. The third kappa shape index (κ3) is 2.56. The molecule has 1 saturated carbocycles. The van der Waals surface area contributed by atoms with Crippen LogP contribution >= 0.6 is 0 Å². The number of alkyl halides is 2. The zero-order valence-electron chi connectivity index (χ0n) is 8.67. The Bertz CT molecular complexity index is 354. The van der Waals surface area contributed by atoms with E-state index in [1.807, 2.05) is 0 Å². The monoisotopic (exact) mass is 229 g/mol. The Morgan fingerprint density at radius 3 is 2.75 bits per heavy atom. The van der Waals surface area contributed by atoms with Gasteiger partial charge in [0.2, 0.25) is 5.92 Å². The van der Waals surface area contributed by atoms with Crippen LogP contribution in [0.25, 0.3) is 0 Å². The first-order valence-electron chi connectivity index (χ1n) is 5.24. The average Bonchev–Trinajstić information content (AvgIpc) is 2.74. The van der Waals surface area contributed by atoms with Crippen molar-refractivity contribution in [2.24, 2.45) is 0 Å². The summed E-state index contributed by atoms with van der Waals surface area (Å²) in [5, 5.41) is 2.72. The number of aromatic amines is 1. The minimum absolute atomic E-state index is 0.152. The first-order chi connectivity index (χ1) is 7.57. The molecule has 2 rings (SSSR count). The highest BCUT2D eigenvalue weighted by Gasteiger charge is 2.35. The van der Waals surface area contributed by atoms with Gasteiger partial charge in [0.05, 0.1) is 12.5 Å². The highest BCUT2D eigenvalue weighted by molar-refractivity contribution is 5.92. The largest absolute Gasteiger partial charge is 0.348 e. The van der Waals surface area contributed by atoms with E-state index >= 15 is 0 Å². The lowest BCUT2D eigenvalue weighted by Gasteiger charge is -2.28. The van der Waals surface area contributed by atoms with Crippen molar-refractivity contribution in [1.29, 1.82) is 0 Å². The standard InChI is InChI=1S/C10H13F2N3O/c11-10(12)3-1-7(2-4-10)15-9(16)8-5-13-6-14-8/h5-7H,1-4H2,(H,13,14)(H,15,16). The van der Waals surface area contributed by atoms with Crippen molar-refractivity contribution in [1.82, 2.24) is 15.3 Å². The van der Waals surface area contributed by atoms with E-state index in [0.717, 1.165) is 0 Å². The number of aromatic nitrogens is 2. The number of hydrogen-bond donors (Lipinski definition) is 2. The van der Waals surface area contributed by atoms with Crippen LogP contribution in [0.2, 0.25) is 0 Å². The van der Waals surface area contributed by atoms with Crippen LogP contribution in [-0.4, -0.2) is 27.8 Å². The summed E-state index contributed by atoms with van der Waals surface area (Å²) in [7, 11) is 0. The Morgan fingerprint density at radius 1 is 1.50 bits per heavy atom. The van der Waals surface area contributed by atoms with E-state index in [9.17, 15) is 13.6 Å². The number of amides is 1. The molecule has 0 aliphatic heterocycles. The Morgan fingerprint density at radius 2 is 2.19 bits per heavy atom. The number of hydrogen-bond acceptors (Lipinski definition) is 2. The molecular weight excluding hydrogens is 216 g/mol. The number of imidazole rings is 1. The molecule has 1 fully saturated rings. The van der Waals surface area contributed by atoms with Crippen LogP contribution in [0.5, 0.6) is 0 Å². The molecule has 0 atom stereocenters. The fraction of sp³-hybridized carbons (Fsp3) is 0.600. The second kappa shape index (κ2) is 4.19. The van der Waals surface area contributed by atoms with E-state index in [0.29, 0.717) is 18.5 Å². The maximum atomic E-state index is 12.9. The van der Waals surface area contributed by atoms with Gasteiger partial charge >= 0.3 is 0 Å². The minimum Gasteiger partial charge on any atom is -0.348 e. The topological polar surface area (TPSA) is 57.8 Å². The van der Waals surface area contributed by atoms with E-state index in [-0.39, 0.29) is 24.8 Å². The van der Waals surface area contributed by atoms with Gasteiger partial charge in [-0.3, -0.25) is 4.79 Å². The molecule has 1 aliphatic carbocycles. The summed E-state index contributed by atoms with van der Waals surface area (Å²) >= 11 is 0. The molecule has 0 unspecified atom stereocenters. The molecule has 1 aromatic heterocycles. The second-order valence-corrected chi connectivity index (χ2v) is 4.07. The second-order valence-electron chi connectivity index (χ2n) is 4.07. The first-order valence-corrected chi connectivity index (χ1v) is 5.24. The summed E-state index contributed by atoms with van der Waals surface area (Å²) in [6, 6.07) is -0.157. The Kier molecular flexibility index (Phi) is 2.89. The molecule has 0 spiro atoms. The average molecular weight is 229 g/mol. The van der Waals surface area contributed by atoms with Crippen LogP contribution in [0, 0.1) is 0 Å². The first kappa shape index (κ1) is 11.0. The fourth-order valence-corrected chi connectivity index (χ4v) is 1.83. The van der Waals surface area contributed by atoms with Crippen molar-refractivity contribution in [3.05, 3.63) is 18.2 Å². The summed E-state index contributed by atoms with van der Waals surface area (Å²) in [6.07, 6.45) is 3.16. The quantitative estimate of drug-likeness (QED) is 0.811. The molecule has 88 valence electrons. The summed E-state index contributed by atoms with van der Waals surface area (Å²) in [5.41, 5.74) is 0.359. The zero-order chi connectivity index (χ0) is 11.6. The summed E-state index contributed by atoms with van der Waals surface area (Å²) in [4.78, 5) is 18.0. The van der Waals surface area contributed by atoms with Crippen LogP contribution in [0.1, 0.15) is 36.2 Å². The van der Waals surface area contributed by atoms with Crippen molar-refractivity contribution >= 4 is 5.91 Å². The molecule has 4 nitrogen and oxygen atoms in total. The van der Waals surface area contributed by atoms with Crippen LogP contribution < -0.4 is 5.32 Å². The maximum Gasteiger partial charge on any atom is 0.269 e. The third-order valence-electron chi connectivity index (χ3n) is 2.80. The lowest BCUT2D eigenvalue weighted by atomic mass is 9.92.